The minimum Gasteiger partial charge on any atom is -0.359 e. The van der Waals surface area contributed by atoms with Crippen LogP contribution in [0.5, 0.6) is 0 Å². The van der Waals surface area contributed by atoms with Gasteiger partial charge in [-0.3, -0.25) is 9.78 Å². The van der Waals surface area contributed by atoms with Gasteiger partial charge in [-0.25, -0.2) is 0 Å². The van der Waals surface area contributed by atoms with Crippen LogP contribution in [0.25, 0.3) is 22.4 Å². The van der Waals surface area contributed by atoms with Crippen molar-refractivity contribution in [3.8, 4) is 22.4 Å². The summed E-state index contributed by atoms with van der Waals surface area (Å²) in [7, 11) is 0. The summed E-state index contributed by atoms with van der Waals surface area (Å²) in [5, 5.41) is 6.89. The van der Waals surface area contributed by atoms with Crippen LogP contribution in [0.2, 0.25) is 4.34 Å². The fourth-order valence-electron chi connectivity index (χ4n) is 2.60. The number of halogens is 1. The Bertz CT molecular complexity index is 1060. The van der Waals surface area contributed by atoms with Crippen LogP contribution in [-0.2, 0) is 6.54 Å². The van der Waals surface area contributed by atoms with Crippen molar-refractivity contribution < 1.29 is 9.32 Å². The first-order valence-electron chi connectivity index (χ1n) is 8.19. The zero-order valence-corrected chi connectivity index (χ0v) is 15.6. The Kier molecular flexibility index (Phi) is 5.00. The Hall–Kier alpha value is -2.96. The Morgan fingerprint density at radius 1 is 1.00 bits per heavy atom. The highest BCUT2D eigenvalue weighted by Crippen LogP contribution is 2.25. The number of hydrogen-bond donors (Lipinski definition) is 1. The van der Waals surface area contributed by atoms with E-state index in [1.54, 1.807) is 24.5 Å². The molecule has 5 nitrogen and oxygen atoms in total. The van der Waals surface area contributed by atoms with E-state index in [1.165, 1.54) is 11.3 Å². The van der Waals surface area contributed by atoms with Crippen LogP contribution in [0.3, 0.4) is 0 Å². The van der Waals surface area contributed by atoms with Crippen LogP contribution in [0.4, 0.5) is 0 Å². The van der Waals surface area contributed by atoms with Crippen molar-refractivity contribution in [1.29, 1.82) is 0 Å². The molecule has 27 heavy (non-hydrogen) atoms. The molecule has 0 unspecified atom stereocenters. The topological polar surface area (TPSA) is 68.0 Å². The second kappa shape index (κ2) is 7.73. The molecule has 1 amide bonds. The fourth-order valence-corrected chi connectivity index (χ4v) is 3.56. The number of nitrogens with one attached hydrogen (secondary N) is 1. The average molecular weight is 396 g/mol. The quantitative estimate of drug-likeness (QED) is 0.513. The van der Waals surface area contributed by atoms with Gasteiger partial charge < -0.3 is 9.84 Å². The van der Waals surface area contributed by atoms with Crippen LogP contribution in [0.15, 0.2) is 71.5 Å². The van der Waals surface area contributed by atoms with Gasteiger partial charge in [-0.05, 0) is 35.4 Å². The SMILES string of the molecule is O=C(NCc1cc(-c2ccc(-c3ccncc3)cc2)no1)c1ccc(Cl)s1. The molecule has 1 N–H and O–H groups in total. The Balaban J connectivity index is 1.42. The number of carbonyl (C=O) groups is 1. The molecule has 134 valence electrons. The monoisotopic (exact) mass is 395 g/mol. The van der Waals surface area contributed by atoms with E-state index in [0.717, 1.165) is 22.4 Å². The number of nitrogens with zero attached hydrogens (tertiary/aromatic N) is 2. The van der Waals surface area contributed by atoms with Gasteiger partial charge in [0.05, 0.1) is 15.8 Å². The maximum absolute atomic E-state index is 12.1. The van der Waals surface area contributed by atoms with E-state index in [1.807, 2.05) is 42.5 Å². The highest BCUT2D eigenvalue weighted by atomic mass is 35.5. The van der Waals surface area contributed by atoms with Gasteiger partial charge in [-0.2, -0.15) is 0 Å². The first-order valence-corrected chi connectivity index (χ1v) is 9.38. The number of hydrogen-bond acceptors (Lipinski definition) is 5. The maximum Gasteiger partial charge on any atom is 0.261 e. The van der Waals surface area contributed by atoms with Crippen LogP contribution < -0.4 is 5.32 Å². The molecule has 0 radical (unpaired) electrons. The van der Waals surface area contributed by atoms with Crippen LogP contribution in [0, 0.1) is 0 Å². The van der Waals surface area contributed by atoms with E-state index < -0.39 is 0 Å². The molecule has 4 rings (SSSR count). The number of benzene rings is 1. The summed E-state index contributed by atoms with van der Waals surface area (Å²) in [5.74, 6) is 0.394. The summed E-state index contributed by atoms with van der Waals surface area (Å²) in [6.45, 7) is 0.260. The molecular formula is C20H14ClN3O2S. The van der Waals surface area contributed by atoms with Gasteiger partial charge >= 0.3 is 0 Å². The second-order valence-corrected chi connectivity index (χ2v) is 7.49. The molecule has 1 aromatic carbocycles. The van der Waals surface area contributed by atoms with E-state index in [-0.39, 0.29) is 12.5 Å². The number of pyridine rings is 1. The molecule has 0 saturated carbocycles. The predicted molar refractivity (Wildman–Crippen MR) is 106 cm³/mol. The molecule has 3 heterocycles. The second-order valence-electron chi connectivity index (χ2n) is 5.78. The maximum atomic E-state index is 12.1. The van der Waals surface area contributed by atoms with Gasteiger partial charge in [0, 0.05) is 24.0 Å². The fraction of sp³-hybridized carbons (Fsp3) is 0.0500. The van der Waals surface area contributed by atoms with E-state index in [0.29, 0.717) is 15.0 Å². The summed E-state index contributed by atoms with van der Waals surface area (Å²) >= 11 is 7.09. The van der Waals surface area contributed by atoms with E-state index >= 15 is 0 Å². The van der Waals surface area contributed by atoms with Gasteiger partial charge in [0.25, 0.3) is 5.91 Å². The van der Waals surface area contributed by atoms with Crippen molar-refractivity contribution in [3.63, 3.8) is 0 Å². The van der Waals surface area contributed by atoms with Crippen LogP contribution >= 0.6 is 22.9 Å². The third-order valence-electron chi connectivity index (χ3n) is 3.97. The molecule has 4 aromatic rings. The lowest BCUT2D eigenvalue weighted by atomic mass is 10.0. The lowest BCUT2D eigenvalue weighted by Crippen LogP contribution is -2.21. The number of thiophene rings is 1. The molecule has 0 saturated heterocycles. The first kappa shape index (κ1) is 17.5. The Morgan fingerprint density at radius 3 is 2.41 bits per heavy atom. The molecule has 0 bridgehead atoms. The Labute approximate surface area is 164 Å². The summed E-state index contributed by atoms with van der Waals surface area (Å²) in [5.41, 5.74) is 3.87. The van der Waals surface area contributed by atoms with Gasteiger partial charge in [-0.15, -0.1) is 11.3 Å². The zero-order valence-electron chi connectivity index (χ0n) is 14.1. The summed E-state index contributed by atoms with van der Waals surface area (Å²) in [6.07, 6.45) is 3.54. The molecule has 0 fully saturated rings. The number of aromatic nitrogens is 2. The third kappa shape index (κ3) is 4.07. The minimum absolute atomic E-state index is 0.188. The van der Waals surface area contributed by atoms with Crippen LogP contribution in [-0.4, -0.2) is 16.0 Å². The van der Waals surface area contributed by atoms with Crippen molar-refractivity contribution in [2.45, 2.75) is 6.54 Å². The summed E-state index contributed by atoms with van der Waals surface area (Å²) < 4.78 is 5.91. The van der Waals surface area contributed by atoms with E-state index in [4.69, 9.17) is 16.1 Å². The molecule has 3 aromatic heterocycles. The van der Waals surface area contributed by atoms with Crippen molar-refractivity contribution in [1.82, 2.24) is 15.5 Å². The lowest BCUT2D eigenvalue weighted by Gasteiger charge is -2.02. The molecule has 7 heteroatoms. The number of amides is 1. The van der Waals surface area contributed by atoms with Crippen molar-refractivity contribution in [2.24, 2.45) is 0 Å². The third-order valence-corrected chi connectivity index (χ3v) is 5.20. The van der Waals surface area contributed by atoms with Gasteiger partial charge in [-0.1, -0.05) is 41.0 Å². The molecule has 0 aliphatic carbocycles. The van der Waals surface area contributed by atoms with Crippen LogP contribution in [0.1, 0.15) is 15.4 Å². The molecule has 0 atom stereocenters. The van der Waals surface area contributed by atoms with Gasteiger partial charge in [0.2, 0.25) is 0 Å². The number of carbonyl (C=O) groups excluding carboxylic acids is 1. The number of rotatable bonds is 5. The normalized spacial score (nSPS) is 10.7. The van der Waals surface area contributed by atoms with Crippen molar-refractivity contribution in [3.05, 3.63) is 82.0 Å². The zero-order chi connectivity index (χ0) is 18.6. The summed E-state index contributed by atoms with van der Waals surface area (Å²) in [4.78, 5) is 16.6. The standard InChI is InChI=1S/C20H14ClN3O2S/c21-19-6-5-18(27-19)20(25)23-12-16-11-17(24-26-16)15-3-1-13(2-4-15)14-7-9-22-10-8-14/h1-11H,12H2,(H,23,25). The molecule has 0 aliphatic heterocycles. The van der Waals surface area contributed by atoms with Gasteiger partial charge in [0.1, 0.15) is 5.69 Å². The van der Waals surface area contributed by atoms with Gasteiger partial charge in [0.15, 0.2) is 5.76 Å². The summed E-state index contributed by atoms with van der Waals surface area (Å²) in [6, 6.07) is 17.2. The highest BCUT2D eigenvalue weighted by molar-refractivity contribution is 7.17. The first-order chi connectivity index (χ1) is 13.2. The molecule has 0 aliphatic rings. The molecule has 0 spiro atoms. The molecular weight excluding hydrogens is 382 g/mol. The lowest BCUT2D eigenvalue weighted by molar-refractivity contribution is 0.0951. The predicted octanol–water partition coefficient (Wildman–Crippen LogP) is 5.05. The van der Waals surface area contributed by atoms with Crippen molar-refractivity contribution in [2.75, 3.05) is 0 Å². The van der Waals surface area contributed by atoms with E-state index in [9.17, 15) is 4.79 Å². The smallest absolute Gasteiger partial charge is 0.261 e. The van der Waals surface area contributed by atoms with Crippen molar-refractivity contribution >= 4 is 28.8 Å². The Morgan fingerprint density at radius 2 is 1.70 bits per heavy atom. The highest BCUT2D eigenvalue weighted by Gasteiger charge is 2.11. The minimum atomic E-state index is -0.188. The average Bonchev–Trinajstić information content (AvgIpc) is 3.36. The largest absolute Gasteiger partial charge is 0.359 e. The van der Waals surface area contributed by atoms with E-state index in [2.05, 4.69) is 15.5 Å².